The molecule has 0 bridgehead atoms. The molecule has 2 aromatic carbocycles. The van der Waals surface area contributed by atoms with Crippen LogP contribution in [0, 0.1) is 0 Å². The number of nitrogens with zero attached hydrogens (tertiary/aromatic N) is 1. The Hall–Kier alpha value is -2.29. The van der Waals surface area contributed by atoms with E-state index in [1.807, 2.05) is 0 Å². The Labute approximate surface area is 161 Å². The van der Waals surface area contributed by atoms with Gasteiger partial charge < -0.3 is 14.8 Å². The summed E-state index contributed by atoms with van der Waals surface area (Å²) in [7, 11) is -3.78. The van der Waals surface area contributed by atoms with Crippen LogP contribution in [0.3, 0.4) is 0 Å². The third-order valence-electron chi connectivity index (χ3n) is 4.57. The second-order valence-corrected chi connectivity index (χ2v) is 8.61. The number of hydrogen-bond acceptors (Lipinski definition) is 5. The Morgan fingerprint density at radius 1 is 1.11 bits per heavy atom. The summed E-state index contributed by atoms with van der Waals surface area (Å²) in [6.07, 6.45) is 1.08. The van der Waals surface area contributed by atoms with E-state index in [1.54, 1.807) is 18.2 Å². The standard InChI is InChI=1S/C18H17ClN2O5S/c19-12-3-6-14(7-4-12)27(23,24)21-9-1-2-15(21)18(22)20-13-5-8-16-17(10-13)26-11-25-16/h3-8,10,15H,1-2,9,11H2,(H,20,22). The molecule has 0 aromatic heterocycles. The topological polar surface area (TPSA) is 84.9 Å². The molecule has 0 spiro atoms. The van der Waals surface area contributed by atoms with E-state index >= 15 is 0 Å². The zero-order valence-electron chi connectivity index (χ0n) is 14.2. The minimum Gasteiger partial charge on any atom is -0.454 e. The van der Waals surface area contributed by atoms with E-state index in [-0.39, 0.29) is 17.6 Å². The number of carbonyl (C=O) groups is 1. The highest BCUT2D eigenvalue weighted by Gasteiger charge is 2.39. The fourth-order valence-electron chi connectivity index (χ4n) is 3.23. The molecule has 2 aliphatic heterocycles. The van der Waals surface area contributed by atoms with E-state index in [1.165, 1.54) is 28.6 Å². The zero-order chi connectivity index (χ0) is 19.0. The van der Waals surface area contributed by atoms with Gasteiger partial charge in [-0.2, -0.15) is 4.31 Å². The number of rotatable bonds is 4. The normalized spacial score (nSPS) is 19.2. The predicted molar refractivity (Wildman–Crippen MR) is 99.6 cm³/mol. The maximum Gasteiger partial charge on any atom is 0.243 e. The SMILES string of the molecule is O=C(Nc1ccc2c(c1)OCO2)C1CCCN1S(=O)(=O)c1ccc(Cl)cc1. The first-order valence-corrected chi connectivity index (χ1v) is 10.2. The highest BCUT2D eigenvalue weighted by molar-refractivity contribution is 7.89. The summed E-state index contributed by atoms with van der Waals surface area (Å²) in [6, 6.07) is 10.2. The highest BCUT2D eigenvalue weighted by atomic mass is 35.5. The van der Waals surface area contributed by atoms with E-state index in [9.17, 15) is 13.2 Å². The molecule has 0 saturated carbocycles. The van der Waals surface area contributed by atoms with Gasteiger partial charge in [0.25, 0.3) is 0 Å². The quantitative estimate of drug-likeness (QED) is 0.840. The maximum atomic E-state index is 12.9. The molecule has 1 unspecified atom stereocenters. The van der Waals surface area contributed by atoms with Crippen molar-refractivity contribution in [3.63, 3.8) is 0 Å². The van der Waals surface area contributed by atoms with Crippen LogP contribution in [0.5, 0.6) is 11.5 Å². The van der Waals surface area contributed by atoms with Gasteiger partial charge in [-0.05, 0) is 49.2 Å². The first-order chi connectivity index (χ1) is 12.9. The van der Waals surface area contributed by atoms with E-state index in [0.29, 0.717) is 41.6 Å². The second kappa shape index (κ2) is 7.03. The number of halogens is 1. The summed E-state index contributed by atoms with van der Waals surface area (Å²) < 4.78 is 37.7. The monoisotopic (exact) mass is 408 g/mol. The van der Waals surface area contributed by atoms with E-state index in [0.717, 1.165) is 0 Å². The molecule has 142 valence electrons. The third kappa shape index (κ3) is 3.47. The summed E-state index contributed by atoms with van der Waals surface area (Å²) >= 11 is 5.84. The van der Waals surface area contributed by atoms with Crippen molar-refractivity contribution in [1.29, 1.82) is 0 Å². The summed E-state index contributed by atoms with van der Waals surface area (Å²) in [5.41, 5.74) is 0.528. The van der Waals surface area contributed by atoms with Crippen molar-refractivity contribution in [1.82, 2.24) is 4.31 Å². The maximum absolute atomic E-state index is 12.9. The van der Waals surface area contributed by atoms with Crippen LogP contribution in [0.25, 0.3) is 0 Å². The number of anilines is 1. The largest absolute Gasteiger partial charge is 0.454 e. The van der Waals surface area contributed by atoms with Crippen LogP contribution in [0.4, 0.5) is 5.69 Å². The Kier molecular flexibility index (Phi) is 4.71. The van der Waals surface area contributed by atoms with Gasteiger partial charge in [-0.3, -0.25) is 4.79 Å². The van der Waals surface area contributed by atoms with Crippen molar-refractivity contribution in [2.75, 3.05) is 18.7 Å². The molecule has 9 heteroatoms. The number of ether oxygens (including phenoxy) is 2. The molecule has 2 aromatic rings. The smallest absolute Gasteiger partial charge is 0.243 e. The number of nitrogens with one attached hydrogen (secondary N) is 1. The van der Waals surface area contributed by atoms with Gasteiger partial charge in [0.05, 0.1) is 4.90 Å². The zero-order valence-corrected chi connectivity index (χ0v) is 15.8. The van der Waals surface area contributed by atoms with Gasteiger partial charge in [0.15, 0.2) is 11.5 Å². The summed E-state index contributed by atoms with van der Waals surface area (Å²) in [5, 5.41) is 3.23. The Morgan fingerprint density at radius 3 is 2.63 bits per heavy atom. The molecule has 4 rings (SSSR count). The predicted octanol–water partition coefficient (Wildman–Crippen LogP) is 2.86. The molecular weight excluding hydrogens is 392 g/mol. The second-order valence-electron chi connectivity index (χ2n) is 6.28. The van der Waals surface area contributed by atoms with E-state index in [4.69, 9.17) is 21.1 Å². The molecule has 0 aliphatic carbocycles. The van der Waals surface area contributed by atoms with Crippen molar-refractivity contribution >= 4 is 33.2 Å². The van der Waals surface area contributed by atoms with Crippen LogP contribution >= 0.6 is 11.6 Å². The fourth-order valence-corrected chi connectivity index (χ4v) is 5.01. The lowest BCUT2D eigenvalue weighted by Crippen LogP contribution is -2.43. The third-order valence-corrected chi connectivity index (χ3v) is 6.74. The van der Waals surface area contributed by atoms with Crippen LogP contribution in [0.1, 0.15) is 12.8 Å². The summed E-state index contributed by atoms with van der Waals surface area (Å²) in [5.74, 6) is 0.787. The average Bonchev–Trinajstić information content (AvgIpc) is 3.31. The first-order valence-electron chi connectivity index (χ1n) is 8.43. The van der Waals surface area contributed by atoms with Gasteiger partial charge >= 0.3 is 0 Å². The lowest BCUT2D eigenvalue weighted by molar-refractivity contribution is -0.119. The summed E-state index contributed by atoms with van der Waals surface area (Å²) in [6.45, 7) is 0.437. The molecule has 27 heavy (non-hydrogen) atoms. The average molecular weight is 409 g/mol. The van der Waals surface area contributed by atoms with Crippen LogP contribution in [-0.2, 0) is 14.8 Å². The molecule has 1 amide bonds. The Balaban J connectivity index is 1.54. The van der Waals surface area contributed by atoms with E-state index < -0.39 is 16.1 Å². The molecule has 7 nitrogen and oxygen atoms in total. The molecular formula is C18H17ClN2O5S. The molecule has 1 saturated heterocycles. The Morgan fingerprint density at radius 2 is 1.85 bits per heavy atom. The van der Waals surface area contributed by atoms with Gasteiger partial charge in [0, 0.05) is 23.3 Å². The van der Waals surface area contributed by atoms with Crippen LogP contribution in [0.2, 0.25) is 5.02 Å². The van der Waals surface area contributed by atoms with Crippen LogP contribution in [-0.4, -0.2) is 38.0 Å². The lowest BCUT2D eigenvalue weighted by atomic mass is 10.2. The molecule has 0 radical (unpaired) electrons. The van der Waals surface area contributed by atoms with Crippen molar-refractivity contribution in [3.05, 3.63) is 47.5 Å². The number of sulfonamides is 1. The molecule has 1 fully saturated rings. The number of fused-ring (bicyclic) bond motifs is 1. The van der Waals surface area contributed by atoms with Crippen molar-refractivity contribution < 1.29 is 22.7 Å². The van der Waals surface area contributed by atoms with Gasteiger partial charge in [-0.1, -0.05) is 11.6 Å². The highest BCUT2D eigenvalue weighted by Crippen LogP contribution is 2.35. The van der Waals surface area contributed by atoms with Crippen LogP contribution < -0.4 is 14.8 Å². The van der Waals surface area contributed by atoms with Crippen molar-refractivity contribution in [2.24, 2.45) is 0 Å². The summed E-state index contributed by atoms with van der Waals surface area (Å²) in [4.78, 5) is 12.9. The number of amides is 1. The minimum absolute atomic E-state index is 0.120. The lowest BCUT2D eigenvalue weighted by Gasteiger charge is -2.23. The fraction of sp³-hybridized carbons (Fsp3) is 0.278. The van der Waals surface area contributed by atoms with Gasteiger partial charge in [0.1, 0.15) is 6.04 Å². The minimum atomic E-state index is -3.78. The molecule has 2 aliphatic rings. The molecule has 1 atom stereocenters. The van der Waals surface area contributed by atoms with Gasteiger partial charge in [-0.25, -0.2) is 8.42 Å². The van der Waals surface area contributed by atoms with Crippen molar-refractivity contribution in [3.8, 4) is 11.5 Å². The Bertz CT molecular complexity index is 978. The van der Waals surface area contributed by atoms with Gasteiger partial charge in [0.2, 0.25) is 22.7 Å². The molecule has 2 heterocycles. The van der Waals surface area contributed by atoms with Gasteiger partial charge in [-0.15, -0.1) is 0 Å². The van der Waals surface area contributed by atoms with E-state index in [2.05, 4.69) is 5.32 Å². The number of carbonyl (C=O) groups excluding carboxylic acids is 1. The first kappa shape index (κ1) is 18.1. The number of hydrogen-bond donors (Lipinski definition) is 1. The number of benzene rings is 2. The van der Waals surface area contributed by atoms with Crippen molar-refractivity contribution in [2.45, 2.75) is 23.8 Å². The molecule has 1 N–H and O–H groups in total. The van der Waals surface area contributed by atoms with Crippen LogP contribution in [0.15, 0.2) is 47.4 Å².